The molecule has 0 saturated carbocycles. The van der Waals surface area contributed by atoms with Gasteiger partial charge in [0.2, 0.25) is 0 Å². The lowest BCUT2D eigenvalue weighted by atomic mass is 10.2. The zero-order valence-corrected chi connectivity index (χ0v) is 9.09. The van der Waals surface area contributed by atoms with Crippen molar-refractivity contribution in [2.45, 2.75) is 6.92 Å². The first-order chi connectivity index (χ1) is 7.86. The molecular formula is C13H13N3. The molecule has 2 aromatic rings. The molecule has 80 valence electrons. The van der Waals surface area contributed by atoms with Crippen molar-refractivity contribution in [2.24, 2.45) is 5.10 Å². The van der Waals surface area contributed by atoms with Crippen LogP contribution in [0.1, 0.15) is 11.3 Å². The van der Waals surface area contributed by atoms with Crippen molar-refractivity contribution in [3.05, 3.63) is 59.9 Å². The molecular weight excluding hydrogens is 198 g/mol. The second-order valence-corrected chi connectivity index (χ2v) is 3.44. The van der Waals surface area contributed by atoms with Gasteiger partial charge in [-0.3, -0.25) is 10.4 Å². The number of aromatic nitrogens is 1. The molecule has 0 amide bonds. The summed E-state index contributed by atoms with van der Waals surface area (Å²) >= 11 is 0. The Morgan fingerprint density at radius 3 is 2.69 bits per heavy atom. The van der Waals surface area contributed by atoms with Gasteiger partial charge in [-0.2, -0.15) is 5.10 Å². The molecule has 1 N–H and O–H groups in total. The number of pyridine rings is 1. The quantitative estimate of drug-likeness (QED) is 0.626. The molecule has 1 aromatic heterocycles. The summed E-state index contributed by atoms with van der Waals surface area (Å²) in [6.07, 6.45) is 3.45. The molecule has 1 aromatic carbocycles. The molecule has 0 unspecified atom stereocenters. The standard InChI is InChI=1S/C13H13N3/c1-11-6-2-3-8-13(11)16-15-10-12-7-4-5-9-14-12/h2-10,16H,1H3/b15-10+. The van der Waals surface area contributed by atoms with Gasteiger partial charge in [0.15, 0.2) is 0 Å². The van der Waals surface area contributed by atoms with E-state index in [1.807, 2.05) is 49.4 Å². The highest BCUT2D eigenvalue weighted by Gasteiger charge is 1.92. The van der Waals surface area contributed by atoms with Crippen LogP contribution in [0.15, 0.2) is 53.8 Å². The first-order valence-electron chi connectivity index (χ1n) is 5.12. The normalized spacial score (nSPS) is 10.6. The van der Waals surface area contributed by atoms with Crippen LogP contribution in [0.5, 0.6) is 0 Å². The second kappa shape index (κ2) is 5.07. The van der Waals surface area contributed by atoms with Gasteiger partial charge in [0.25, 0.3) is 0 Å². The minimum Gasteiger partial charge on any atom is -0.278 e. The van der Waals surface area contributed by atoms with Crippen LogP contribution in [0.25, 0.3) is 0 Å². The average molecular weight is 211 g/mol. The summed E-state index contributed by atoms with van der Waals surface area (Å²) in [6.45, 7) is 2.04. The first kappa shape index (κ1) is 10.4. The zero-order chi connectivity index (χ0) is 11.2. The predicted molar refractivity (Wildman–Crippen MR) is 66.6 cm³/mol. The zero-order valence-electron chi connectivity index (χ0n) is 9.09. The molecule has 0 atom stereocenters. The molecule has 16 heavy (non-hydrogen) atoms. The summed E-state index contributed by atoms with van der Waals surface area (Å²) in [7, 11) is 0. The highest BCUT2D eigenvalue weighted by Crippen LogP contribution is 2.12. The molecule has 0 saturated heterocycles. The minimum absolute atomic E-state index is 0.837. The summed E-state index contributed by atoms with van der Waals surface area (Å²) in [4.78, 5) is 4.14. The summed E-state index contributed by atoms with van der Waals surface area (Å²) in [5, 5.41) is 4.14. The smallest absolute Gasteiger partial charge is 0.0830 e. The van der Waals surface area contributed by atoms with Crippen LogP contribution in [0.3, 0.4) is 0 Å². The van der Waals surface area contributed by atoms with Crippen molar-refractivity contribution in [1.29, 1.82) is 0 Å². The largest absolute Gasteiger partial charge is 0.278 e. The maximum absolute atomic E-state index is 4.14. The number of hydrogen-bond acceptors (Lipinski definition) is 3. The average Bonchev–Trinajstić information content (AvgIpc) is 2.33. The monoisotopic (exact) mass is 211 g/mol. The summed E-state index contributed by atoms with van der Waals surface area (Å²) in [5.74, 6) is 0. The predicted octanol–water partition coefficient (Wildman–Crippen LogP) is 2.84. The number of rotatable bonds is 3. The van der Waals surface area contributed by atoms with Crippen LogP contribution in [0.2, 0.25) is 0 Å². The molecule has 0 aliphatic carbocycles. The van der Waals surface area contributed by atoms with Gasteiger partial charge in [-0.05, 0) is 30.7 Å². The van der Waals surface area contributed by atoms with E-state index in [9.17, 15) is 0 Å². The number of nitrogens with zero attached hydrogens (tertiary/aromatic N) is 2. The molecule has 1 heterocycles. The van der Waals surface area contributed by atoms with Crippen molar-refractivity contribution in [3.8, 4) is 0 Å². The number of anilines is 1. The van der Waals surface area contributed by atoms with Crippen molar-refractivity contribution in [1.82, 2.24) is 4.98 Å². The molecule has 3 heteroatoms. The molecule has 0 bridgehead atoms. The third kappa shape index (κ3) is 2.67. The Kier molecular flexibility index (Phi) is 3.28. The van der Waals surface area contributed by atoms with Crippen molar-refractivity contribution in [2.75, 3.05) is 5.43 Å². The maximum Gasteiger partial charge on any atom is 0.0830 e. The van der Waals surface area contributed by atoms with E-state index in [2.05, 4.69) is 15.5 Å². The Bertz CT molecular complexity index is 478. The highest BCUT2D eigenvalue weighted by atomic mass is 15.3. The molecule has 0 aliphatic rings. The summed E-state index contributed by atoms with van der Waals surface area (Å²) in [5.41, 5.74) is 6.00. The number of para-hydroxylation sites is 1. The second-order valence-electron chi connectivity index (χ2n) is 3.44. The topological polar surface area (TPSA) is 37.3 Å². The lowest BCUT2D eigenvalue weighted by Gasteiger charge is -2.02. The number of hydrazone groups is 1. The molecule has 0 aliphatic heterocycles. The Balaban J connectivity index is 2.03. The first-order valence-corrected chi connectivity index (χ1v) is 5.12. The van der Waals surface area contributed by atoms with Gasteiger partial charge in [-0.15, -0.1) is 0 Å². The van der Waals surface area contributed by atoms with E-state index in [0.29, 0.717) is 0 Å². The van der Waals surface area contributed by atoms with Gasteiger partial charge in [0.1, 0.15) is 0 Å². The third-order valence-electron chi connectivity index (χ3n) is 2.21. The van der Waals surface area contributed by atoms with Gasteiger partial charge in [-0.25, -0.2) is 0 Å². The molecule has 0 radical (unpaired) electrons. The number of hydrogen-bond donors (Lipinski definition) is 1. The van der Waals surface area contributed by atoms with Crippen molar-refractivity contribution in [3.63, 3.8) is 0 Å². The Hall–Kier alpha value is -2.16. The Labute approximate surface area is 94.9 Å². The number of nitrogens with one attached hydrogen (secondary N) is 1. The van der Waals surface area contributed by atoms with E-state index in [1.54, 1.807) is 12.4 Å². The fraction of sp³-hybridized carbons (Fsp3) is 0.0769. The number of aryl methyl sites for hydroxylation is 1. The van der Waals surface area contributed by atoms with Crippen LogP contribution in [-0.4, -0.2) is 11.2 Å². The van der Waals surface area contributed by atoms with Gasteiger partial charge in [-0.1, -0.05) is 24.3 Å². The van der Waals surface area contributed by atoms with Gasteiger partial charge in [0, 0.05) is 6.20 Å². The van der Waals surface area contributed by atoms with E-state index in [1.165, 1.54) is 5.56 Å². The van der Waals surface area contributed by atoms with E-state index >= 15 is 0 Å². The third-order valence-corrected chi connectivity index (χ3v) is 2.21. The highest BCUT2D eigenvalue weighted by molar-refractivity contribution is 5.77. The van der Waals surface area contributed by atoms with Crippen molar-refractivity contribution >= 4 is 11.9 Å². The van der Waals surface area contributed by atoms with E-state index < -0.39 is 0 Å². The molecule has 3 nitrogen and oxygen atoms in total. The van der Waals surface area contributed by atoms with E-state index in [0.717, 1.165) is 11.4 Å². The molecule has 0 spiro atoms. The van der Waals surface area contributed by atoms with Gasteiger partial charge >= 0.3 is 0 Å². The lowest BCUT2D eigenvalue weighted by molar-refractivity contribution is 1.27. The van der Waals surface area contributed by atoms with Gasteiger partial charge < -0.3 is 0 Å². The summed E-state index contributed by atoms with van der Waals surface area (Å²) in [6, 6.07) is 13.7. The fourth-order valence-corrected chi connectivity index (χ4v) is 1.32. The maximum atomic E-state index is 4.14. The van der Waals surface area contributed by atoms with Crippen LogP contribution in [0.4, 0.5) is 5.69 Å². The lowest BCUT2D eigenvalue weighted by Crippen LogP contribution is -1.93. The Morgan fingerprint density at radius 2 is 1.94 bits per heavy atom. The van der Waals surface area contributed by atoms with Gasteiger partial charge in [0.05, 0.1) is 17.6 Å². The van der Waals surface area contributed by atoms with Crippen LogP contribution in [0, 0.1) is 6.92 Å². The van der Waals surface area contributed by atoms with E-state index in [-0.39, 0.29) is 0 Å². The molecule has 0 fully saturated rings. The van der Waals surface area contributed by atoms with E-state index in [4.69, 9.17) is 0 Å². The Morgan fingerprint density at radius 1 is 1.12 bits per heavy atom. The van der Waals surface area contributed by atoms with Crippen LogP contribution < -0.4 is 5.43 Å². The van der Waals surface area contributed by atoms with Crippen molar-refractivity contribution < 1.29 is 0 Å². The fourth-order valence-electron chi connectivity index (χ4n) is 1.32. The van der Waals surface area contributed by atoms with Crippen LogP contribution >= 0.6 is 0 Å². The van der Waals surface area contributed by atoms with Crippen LogP contribution in [-0.2, 0) is 0 Å². The minimum atomic E-state index is 0.837. The molecule has 2 rings (SSSR count). The summed E-state index contributed by atoms with van der Waals surface area (Å²) < 4.78 is 0. The SMILES string of the molecule is Cc1ccccc1N/N=C/c1ccccn1. The number of benzene rings is 1.